The summed E-state index contributed by atoms with van der Waals surface area (Å²) in [6.45, 7) is 2.52. The lowest BCUT2D eigenvalue weighted by molar-refractivity contribution is -0.137. The Balaban J connectivity index is 1.68. The standard InChI is InChI=1S/C25H24BrClN4O4/c1-14-23(18-10-16(26)7-8-20(18)30-24(14)31-12-21(32)29-13-31)25(35)28-11-15(6-9-22(33)34)17-4-2-3-5-19(17)27/h2-5,7-8,10,15H,6,9,11-13H2,1H3,(H,28,35)(H,29,32)(H,33,34). The fraction of sp³-hybridized carbons (Fsp3) is 0.280. The molecule has 8 nitrogen and oxygen atoms in total. The highest BCUT2D eigenvalue weighted by atomic mass is 79.9. The summed E-state index contributed by atoms with van der Waals surface area (Å²) in [5.74, 6) is -1.03. The van der Waals surface area contributed by atoms with E-state index in [9.17, 15) is 19.5 Å². The van der Waals surface area contributed by atoms with Crippen molar-refractivity contribution in [1.82, 2.24) is 15.6 Å². The van der Waals surface area contributed by atoms with E-state index in [1.165, 1.54) is 0 Å². The van der Waals surface area contributed by atoms with Gasteiger partial charge < -0.3 is 20.6 Å². The number of anilines is 1. The molecule has 2 aromatic carbocycles. The first-order chi connectivity index (χ1) is 16.7. The van der Waals surface area contributed by atoms with Crippen LogP contribution in [-0.4, -0.2) is 47.6 Å². The maximum Gasteiger partial charge on any atom is 0.303 e. The van der Waals surface area contributed by atoms with Crippen molar-refractivity contribution in [2.45, 2.75) is 25.7 Å². The van der Waals surface area contributed by atoms with E-state index in [2.05, 4.69) is 26.6 Å². The topological polar surface area (TPSA) is 112 Å². The fourth-order valence-electron chi connectivity index (χ4n) is 4.31. The van der Waals surface area contributed by atoms with Crippen molar-refractivity contribution in [3.63, 3.8) is 0 Å². The molecular weight excluding hydrogens is 536 g/mol. The summed E-state index contributed by atoms with van der Waals surface area (Å²) in [5.41, 5.74) is 2.54. The molecule has 3 N–H and O–H groups in total. The second kappa shape index (κ2) is 10.6. The Hall–Kier alpha value is -3.17. The lowest BCUT2D eigenvalue weighted by Crippen LogP contribution is -2.31. The van der Waals surface area contributed by atoms with Gasteiger partial charge in [0, 0.05) is 39.3 Å². The van der Waals surface area contributed by atoms with Crippen LogP contribution in [0.15, 0.2) is 46.9 Å². The molecule has 0 bridgehead atoms. The molecule has 1 fully saturated rings. The minimum atomic E-state index is -0.910. The number of carbonyl (C=O) groups excluding carboxylic acids is 2. The summed E-state index contributed by atoms with van der Waals surface area (Å²) in [6, 6.07) is 12.8. The number of nitrogens with one attached hydrogen (secondary N) is 2. The maximum absolute atomic E-state index is 13.6. The van der Waals surface area contributed by atoms with Crippen molar-refractivity contribution < 1.29 is 19.5 Å². The van der Waals surface area contributed by atoms with Crippen LogP contribution in [0.2, 0.25) is 5.02 Å². The Kier molecular flexibility index (Phi) is 7.57. The molecule has 2 amide bonds. The zero-order valence-corrected chi connectivity index (χ0v) is 21.3. The first-order valence-electron chi connectivity index (χ1n) is 11.1. The number of rotatable bonds is 8. The van der Waals surface area contributed by atoms with E-state index >= 15 is 0 Å². The smallest absolute Gasteiger partial charge is 0.303 e. The molecular formula is C25H24BrClN4O4. The summed E-state index contributed by atoms with van der Waals surface area (Å²) in [4.78, 5) is 43.1. The van der Waals surface area contributed by atoms with Crippen LogP contribution >= 0.6 is 27.5 Å². The number of pyridine rings is 1. The molecule has 4 rings (SSSR count). The van der Waals surface area contributed by atoms with Crippen LogP contribution in [0.25, 0.3) is 10.9 Å². The normalized spacial score (nSPS) is 14.1. The zero-order valence-electron chi connectivity index (χ0n) is 19.0. The van der Waals surface area contributed by atoms with Gasteiger partial charge in [0.25, 0.3) is 5.91 Å². The minimum absolute atomic E-state index is 0.0456. The second-order valence-corrected chi connectivity index (χ2v) is 9.74. The molecule has 0 saturated carbocycles. The van der Waals surface area contributed by atoms with Gasteiger partial charge in [-0.1, -0.05) is 45.7 Å². The zero-order chi connectivity index (χ0) is 25.1. The second-order valence-electron chi connectivity index (χ2n) is 8.41. The Labute approximate surface area is 215 Å². The molecule has 10 heteroatoms. The Bertz CT molecular complexity index is 1320. The molecule has 182 valence electrons. The van der Waals surface area contributed by atoms with Crippen LogP contribution in [0.5, 0.6) is 0 Å². The van der Waals surface area contributed by atoms with Crippen LogP contribution in [0.4, 0.5) is 5.82 Å². The molecule has 0 radical (unpaired) electrons. The number of carboxylic acid groups (broad SMARTS) is 1. The molecule has 0 aliphatic carbocycles. The maximum atomic E-state index is 13.6. The average molecular weight is 560 g/mol. The van der Waals surface area contributed by atoms with E-state index in [1.54, 1.807) is 11.0 Å². The number of aromatic nitrogens is 1. The minimum Gasteiger partial charge on any atom is -0.481 e. The first-order valence-corrected chi connectivity index (χ1v) is 12.3. The van der Waals surface area contributed by atoms with Gasteiger partial charge in [-0.15, -0.1) is 0 Å². The van der Waals surface area contributed by atoms with Crippen molar-refractivity contribution in [2.75, 3.05) is 24.7 Å². The van der Waals surface area contributed by atoms with Crippen molar-refractivity contribution in [2.24, 2.45) is 0 Å². The lowest BCUT2D eigenvalue weighted by Gasteiger charge is -2.22. The van der Waals surface area contributed by atoms with Crippen LogP contribution < -0.4 is 15.5 Å². The molecule has 0 spiro atoms. The summed E-state index contributed by atoms with van der Waals surface area (Å²) in [7, 11) is 0. The summed E-state index contributed by atoms with van der Waals surface area (Å²) < 4.78 is 0.807. The number of fused-ring (bicyclic) bond motifs is 1. The van der Waals surface area contributed by atoms with Gasteiger partial charge in [-0.3, -0.25) is 14.4 Å². The Morgan fingerprint density at radius 2 is 2.06 bits per heavy atom. The van der Waals surface area contributed by atoms with E-state index in [-0.39, 0.29) is 37.2 Å². The number of carboxylic acids is 1. The van der Waals surface area contributed by atoms with Gasteiger partial charge in [0.05, 0.1) is 17.7 Å². The highest BCUT2D eigenvalue weighted by molar-refractivity contribution is 9.10. The van der Waals surface area contributed by atoms with Crippen molar-refractivity contribution in [1.29, 1.82) is 0 Å². The number of hydrogen-bond donors (Lipinski definition) is 3. The van der Waals surface area contributed by atoms with Crippen molar-refractivity contribution in [3.05, 3.63) is 68.7 Å². The van der Waals surface area contributed by atoms with Crippen LogP contribution in [0.1, 0.15) is 40.2 Å². The van der Waals surface area contributed by atoms with E-state index in [4.69, 9.17) is 16.6 Å². The molecule has 1 atom stereocenters. The van der Waals surface area contributed by atoms with E-state index in [1.807, 2.05) is 43.3 Å². The predicted molar refractivity (Wildman–Crippen MR) is 138 cm³/mol. The van der Waals surface area contributed by atoms with Gasteiger partial charge in [0.2, 0.25) is 5.91 Å². The third-order valence-corrected chi connectivity index (χ3v) is 6.89. The van der Waals surface area contributed by atoms with Crippen molar-refractivity contribution >= 4 is 62.0 Å². The third-order valence-electron chi connectivity index (χ3n) is 6.05. The predicted octanol–water partition coefficient (Wildman–Crippen LogP) is 4.23. The Morgan fingerprint density at radius 3 is 2.74 bits per heavy atom. The number of aliphatic carboxylic acids is 1. The molecule has 1 saturated heterocycles. The molecule has 3 aromatic rings. The largest absolute Gasteiger partial charge is 0.481 e. The van der Waals surface area contributed by atoms with Crippen LogP contribution in [0, 0.1) is 6.92 Å². The highest BCUT2D eigenvalue weighted by Gasteiger charge is 2.26. The molecule has 1 unspecified atom stereocenters. The van der Waals surface area contributed by atoms with Gasteiger partial charge >= 0.3 is 5.97 Å². The molecule has 1 aromatic heterocycles. The summed E-state index contributed by atoms with van der Waals surface area (Å²) in [6.07, 6.45) is 0.282. The number of nitrogens with zero attached hydrogens (tertiary/aromatic N) is 2. The van der Waals surface area contributed by atoms with Gasteiger partial charge in [-0.2, -0.15) is 0 Å². The summed E-state index contributed by atoms with van der Waals surface area (Å²) in [5, 5.41) is 16.2. The van der Waals surface area contributed by atoms with Gasteiger partial charge in [-0.25, -0.2) is 4.98 Å². The van der Waals surface area contributed by atoms with Crippen molar-refractivity contribution in [3.8, 4) is 0 Å². The Morgan fingerprint density at radius 1 is 1.29 bits per heavy atom. The molecule has 1 aliphatic rings. The molecule has 2 heterocycles. The average Bonchev–Trinajstić information content (AvgIpc) is 3.25. The van der Waals surface area contributed by atoms with E-state index in [0.29, 0.717) is 46.0 Å². The van der Waals surface area contributed by atoms with E-state index in [0.717, 1.165) is 10.0 Å². The number of hydrogen-bond acceptors (Lipinski definition) is 5. The lowest BCUT2D eigenvalue weighted by atomic mass is 9.93. The number of amides is 2. The fourth-order valence-corrected chi connectivity index (χ4v) is 4.96. The van der Waals surface area contributed by atoms with Crippen LogP contribution in [-0.2, 0) is 9.59 Å². The molecule has 35 heavy (non-hydrogen) atoms. The molecule has 1 aliphatic heterocycles. The van der Waals surface area contributed by atoms with Gasteiger partial charge in [-0.05, 0) is 43.2 Å². The van der Waals surface area contributed by atoms with Gasteiger partial charge in [0.15, 0.2) is 0 Å². The summed E-state index contributed by atoms with van der Waals surface area (Å²) >= 11 is 9.85. The number of benzene rings is 2. The quantitative estimate of drug-likeness (QED) is 0.381. The number of halogens is 2. The van der Waals surface area contributed by atoms with Gasteiger partial charge in [0.1, 0.15) is 12.4 Å². The monoisotopic (exact) mass is 558 g/mol. The third kappa shape index (κ3) is 5.57. The van der Waals surface area contributed by atoms with E-state index < -0.39 is 5.97 Å². The SMILES string of the molecule is Cc1c(N2CNC(=O)C2)nc2ccc(Br)cc2c1C(=O)NCC(CCC(=O)O)c1ccccc1Cl. The number of carbonyl (C=O) groups is 3. The first kappa shape index (κ1) is 24.9. The van der Waals surface area contributed by atoms with Crippen LogP contribution in [0.3, 0.4) is 0 Å². The highest BCUT2D eigenvalue weighted by Crippen LogP contribution is 2.32.